The van der Waals surface area contributed by atoms with Crippen LogP contribution in [0.3, 0.4) is 0 Å². The van der Waals surface area contributed by atoms with Crippen molar-refractivity contribution in [1.29, 1.82) is 0 Å². The number of fused-ring (bicyclic) bond motifs is 3. The Kier molecular flexibility index (Phi) is 4.34. The van der Waals surface area contributed by atoms with Crippen molar-refractivity contribution in [2.45, 2.75) is 43.0 Å². The molecule has 1 aromatic carbocycles. The maximum Gasteiger partial charge on any atom is 0.240 e. The third kappa shape index (κ3) is 3.19. The lowest BCUT2D eigenvalue weighted by molar-refractivity contribution is 0.546. The van der Waals surface area contributed by atoms with Gasteiger partial charge in [0.1, 0.15) is 5.82 Å². The van der Waals surface area contributed by atoms with Crippen molar-refractivity contribution in [3.05, 3.63) is 53.1 Å². The van der Waals surface area contributed by atoms with Gasteiger partial charge in [-0.25, -0.2) is 18.1 Å². The lowest BCUT2D eigenvalue weighted by Gasteiger charge is -2.14. The minimum atomic E-state index is -3.61. The number of benzene rings is 1. The highest BCUT2D eigenvalue weighted by Gasteiger charge is 2.32. The number of halogens is 1. The fourth-order valence-electron chi connectivity index (χ4n) is 4.06. The average molecular weight is 431 g/mol. The van der Waals surface area contributed by atoms with E-state index in [-0.39, 0.29) is 16.9 Å². The Bertz CT molecular complexity index is 1330. The number of sulfonamides is 1. The van der Waals surface area contributed by atoms with E-state index >= 15 is 0 Å². The highest BCUT2D eigenvalue weighted by Crippen LogP contribution is 2.35. The molecule has 0 saturated heterocycles. The van der Waals surface area contributed by atoms with Crippen molar-refractivity contribution in [3.8, 4) is 0 Å². The van der Waals surface area contributed by atoms with Crippen LogP contribution in [0.1, 0.15) is 36.6 Å². The molecule has 3 heterocycles. The highest BCUT2D eigenvalue weighted by atomic mass is 35.5. The third-order valence-electron chi connectivity index (χ3n) is 5.53. The molecule has 10 heteroatoms. The van der Waals surface area contributed by atoms with E-state index in [9.17, 15) is 8.42 Å². The van der Waals surface area contributed by atoms with Gasteiger partial charge in [0.25, 0.3) is 0 Å². The Balaban J connectivity index is 1.40. The van der Waals surface area contributed by atoms with Gasteiger partial charge in [-0.2, -0.15) is 0 Å². The fourth-order valence-corrected chi connectivity index (χ4v) is 5.54. The lowest BCUT2D eigenvalue weighted by Crippen LogP contribution is -2.33. The molecule has 1 aliphatic rings. The maximum absolute atomic E-state index is 12.8. The summed E-state index contributed by atoms with van der Waals surface area (Å²) in [6.45, 7) is 1.79. The van der Waals surface area contributed by atoms with Gasteiger partial charge in [-0.05, 0) is 56.0 Å². The Labute approximate surface area is 172 Å². The molecule has 1 saturated carbocycles. The molecule has 2 N–H and O–H groups in total. The van der Waals surface area contributed by atoms with E-state index < -0.39 is 10.0 Å². The molecule has 0 spiro atoms. The summed E-state index contributed by atoms with van der Waals surface area (Å²) in [5.41, 5.74) is 3.11. The van der Waals surface area contributed by atoms with Gasteiger partial charge in [0.15, 0.2) is 11.3 Å². The summed E-state index contributed by atoms with van der Waals surface area (Å²) < 4.78 is 30.4. The van der Waals surface area contributed by atoms with Crippen LogP contribution in [-0.4, -0.2) is 39.0 Å². The Morgan fingerprint density at radius 2 is 2.10 bits per heavy atom. The Morgan fingerprint density at radius 3 is 2.93 bits per heavy atom. The minimum absolute atomic E-state index is 0.116. The van der Waals surface area contributed by atoms with E-state index in [2.05, 4.69) is 24.9 Å². The quantitative estimate of drug-likeness (QED) is 0.517. The number of nitrogens with one attached hydrogen (secondary N) is 2. The highest BCUT2D eigenvalue weighted by molar-refractivity contribution is 7.89. The first kappa shape index (κ1) is 18.5. The predicted molar refractivity (Wildman–Crippen MR) is 110 cm³/mol. The van der Waals surface area contributed by atoms with Crippen LogP contribution in [-0.2, 0) is 10.0 Å². The molecule has 2 atom stereocenters. The number of rotatable bonds is 4. The van der Waals surface area contributed by atoms with Crippen LogP contribution < -0.4 is 4.72 Å². The normalized spacial score (nSPS) is 20.1. The second-order valence-electron chi connectivity index (χ2n) is 7.46. The van der Waals surface area contributed by atoms with Gasteiger partial charge in [0.05, 0.1) is 16.6 Å². The zero-order chi connectivity index (χ0) is 20.2. The zero-order valence-corrected chi connectivity index (χ0v) is 17.2. The summed E-state index contributed by atoms with van der Waals surface area (Å²) in [4.78, 5) is 7.67. The molecule has 0 aliphatic heterocycles. The average Bonchev–Trinajstić information content (AvgIpc) is 3.40. The number of aromatic nitrogens is 5. The van der Waals surface area contributed by atoms with E-state index in [1.807, 2.05) is 16.7 Å². The van der Waals surface area contributed by atoms with Gasteiger partial charge < -0.3 is 4.98 Å². The summed E-state index contributed by atoms with van der Waals surface area (Å²) in [6.07, 6.45) is 5.77. The largest absolute Gasteiger partial charge is 0.345 e. The third-order valence-corrected chi connectivity index (χ3v) is 7.47. The second-order valence-corrected chi connectivity index (χ2v) is 9.58. The number of hydrogen-bond donors (Lipinski definition) is 2. The molecule has 1 fully saturated rings. The monoisotopic (exact) mass is 430 g/mol. The molecule has 29 heavy (non-hydrogen) atoms. The maximum atomic E-state index is 12.8. The number of aromatic amines is 1. The SMILES string of the molecule is Cc1cc(S(=O)(=O)N[C@H]2CC[C@@H](c3nnc4cnc5[nH]ccc5n34)C2)ccc1Cl. The summed E-state index contributed by atoms with van der Waals surface area (Å²) in [6, 6.07) is 6.53. The van der Waals surface area contributed by atoms with Gasteiger partial charge in [0, 0.05) is 23.2 Å². The summed E-state index contributed by atoms with van der Waals surface area (Å²) in [5.74, 6) is 0.959. The van der Waals surface area contributed by atoms with Crippen LogP contribution in [0.15, 0.2) is 41.6 Å². The van der Waals surface area contributed by atoms with Crippen molar-refractivity contribution in [2.75, 3.05) is 0 Å². The fraction of sp³-hybridized carbons (Fsp3) is 0.316. The first-order valence-electron chi connectivity index (χ1n) is 9.38. The smallest absolute Gasteiger partial charge is 0.240 e. The van der Waals surface area contributed by atoms with E-state index in [0.29, 0.717) is 17.1 Å². The van der Waals surface area contributed by atoms with Crippen LogP contribution in [0.25, 0.3) is 16.8 Å². The molecule has 0 bridgehead atoms. The standard InChI is InChI=1S/C19H19ClN6O2S/c1-11-8-14(4-5-15(11)20)29(27,28)25-13-3-2-12(9-13)19-24-23-17-10-22-18-16(26(17)19)6-7-21-18/h4-8,10,12-13,21,25H,2-3,9H2,1H3/t12-,13+/m1/s1. The summed E-state index contributed by atoms with van der Waals surface area (Å²) in [7, 11) is -3.61. The van der Waals surface area contributed by atoms with Gasteiger partial charge in [-0.1, -0.05) is 11.6 Å². The van der Waals surface area contributed by atoms with E-state index in [1.165, 1.54) is 6.07 Å². The Morgan fingerprint density at radius 1 is 1.24 bits per heavy atom. The number of aryl methyl sites for hydroxylation is 1. The Hall–Kier alpha value is -2.49. The molecule has 8 nitrogen and oxygen atoms in total. The minimum Gasteiger partial charge on any atom is -0.345 e. The molecule has 0 unspecified atom stereocenters. The molecular formula is C19H19ClN6O2S. The number of H-pyrrole nitrogens is 1. The van der Waals surface area contributed by atoms with E-state index in [4.69, 9.17) is 11.6 Å². The van der Waals surface area contributed by atoms with Crippen LogP contribution in [0.4, 0.5) is 0 Å². The van der Waals surface area contributed by atoms with Crippen LogP contribution in [0.2, 0.25) is 5.02 Å². The molecule has 0 amide bonds. The van der Waals surface area contributed by atoms with Crippen molar-refractivity contribution in [3.63, 3.8) is 0 Å². The first-order chi connectivity index (χ1) is 13.9. The molecule has 5 rings (SSSR count). The van der Waals surface area contributed by atoms with Crippen molar-refractivity contribution >= 4 is 38.4 Å². The summed E-state index contributed by atoms with van der Waals surface area (Å²) >= 11 is 6.02. The van der Waals surface area contributed by atoms with Gasteiger partial charge in [-0.3, -0.25) is 4.40 Å². The molecule has 0 radical (unpaired) electrons. The lowest BCUT2D eigenvalue weighted by atomic mass is 10.1. The topological polar surface area (TPSA) is 105 Å². The van der Waals surface area contributed by atoms with Gasteiger partial charge in [0.2, 0.25) is 10.0 Å². The molecule has 4 aromatic rings. The van der Waals surface area contributed by atoms with Crippen LogP contribution >= 0.6 is 11.6 Å². The summed E-state index contributed by atoms with van der Waals surface area (Å²) in [5, 5.41) is 9.18. The molecule has 1 aliphatic carbocycles. The predicted octanol–water partition coefficient (Wildman–Crippen LogP) is 3.18. The zero-order valence-electron chi connectivity index (χ0n) is 15.6. The van der Waals surface area contributed by atoms with Crippen molar-refractivity contribution in [2.24, 2.45) is 0 Å². The first-order valence-corrected chi connectivity index (χ1v) is 11.2. The van der Waals surface area contributed by atoms with E-state index in [0.717, 1.165) is 35.4 Å². The van der Waals surface area contributed by atoms with E-state index in [1.54, 1.807) is 25.3 Å². The molecule has 150 valence electrons. The van der Waals surface area contributed by atoms with Crippen molar-refractivity contribution in [1.82, 2.24) is 29.3 Å². The van der Waals surface area contributed by atoms with Crippen LogP contribution in [0.5, 0.6) is 0 Å². The second kappa shape index (κ2) is 6.79. The number of hydrogen-bond acceptors (Lipinski definition) is 5. The molecular weight excluding hydrogens is 412 g/mol. The van der Waals surface area contributed by atoms with Crippen molar-refractivity contribution < 1.29 is 8.42 Å². The van der Waals surface area contributed by atoms with Gasteiger partial charge in [-0.15, -0.1) is 10.2 Å². The van der Waals surface area contributed by atoms with Crippen LogP contribution in [0, 0.1) is 6.92 Å². The molecule has 3 aromatic heterocycles. The van der Waals surface area contributed by atoms with Gasteiger partial charge >= 0.3 is 0 Å². The number of nitrogens with zero attached hydrogens (tertiary/aromatic N) is 4.